The lowest BCUT2D eigenvalue weighted by Gasteiger charge is -2.32. The Bertz CT molecular complexity index is 304. The predicted octanol–water partition coefficient (Wildman–Crippen LogP) is 2.16. The molecule has 19 heavy (non-hydrogen) atoms. The summed E-state index contributed by atoms with van der Waals surface area (Å²) in [6, 6.07) is 0. The molecular formula is C6H4F10O2Si. The van der Waals surface area contributed by atoms with Gasteiger partial charge in [0.05, 0.1) is 0 Å². The molecule has 114 valence electrons. The van der Waals surface area contributed by atoms with Gasteiger partial charge in [-0.05, 0) is 0 Å². The summed E-state index contributed by atoms with van der Waals surface area (Å²) >= 11 is 0. The third-order valence-electron chi connectivity index (χ3n) is 2.24. The summed E-state index contributed by atoms with van der Waals surface area (Å²) in [5, 5.41) is 0. The molecule has 0 aromatic rings. The molecule has 0 amide bonds. The average Bonchev–Trinajstić information content (AvgIpc) is 2.62. The van der Waals surface area contributed by atoms with Crippen molar-refractivity contribution in [2.24, 2.45) is 0 Å². The zero-order valence-corrected chi connectivity index (χ0v) is 9.87. The van der Waals surface area contributed by atoms with Crippen LogP contribution in [-0.4, -0.2) is 46.4 Å². The third-order valence-corrected chi connectivity index (χ3v) is 3.23. The largest absolute Gasteiger partial charge is 0.456 e. The van der Waals surface area contributed by atoms with Crippen molar-refractivity contribution >= 4 is 10.0 Å². The van der Waals surface area contributed by atoms with Crippen LogP contribution in [0.5, 0.6) is 0 Å². The Hall–Kier alpha value is -0.563. The number of rotatable bonds is 2. The molecule has 2 atom stereocenters. The van der Waals surface area contributed by atoms with Crippen molar-refractivity contribution in [3.8, 4) is 0 Å². The Kier molecular flexibility index (Phi) is 3.89. The minimum Gasteiger partial charge on any atom is -0.386 e. The molecule has 13 heteroatoms. The van der Waals surface area contributed by atoms with Crippen LogP contribution in [0.15, 0.2) is 0 Å². The average molecular weight is 326 g/mol. The fourth-order valence-electron chi connectivity index (χ4n) is 1.27. The van der Waals surface area contributed by atoms with Crippen molar-refractivity contribution in [2.75, 3.05) is 0 Å². The Morgan fingerprint density at radius 1 is 0.579 bits per heavy atom. The Balaban J connectivity index is 3.11. The summed E-state index contributed by atoms with van der Waals surface area (Å²) in [4.78, 5) is 0. The molecule has 0 N–H and O–H groups in total. The minimum absolute atomic E-state index is 2.79. The lowest BCUT2D eigenvalue weighted by molar-refractivity contribution is -0.347. The zero-order valence-electron chi connectivity index (χ0n) is 8.46. The first-order valence-electron chi connectivity index (χ1n) is 4.35. The first-order chi connectivity index (χ1) is 8.23. The molecule has 2 nitrogen and oxygen atoms in total. The van der Waals surface area contributed by atoms with E-state index in [2.05, 4.69) is 8.85 Å². The van der Waals surface area contributed by atoms with Gasteiger partial charge in [0.1, 0.15) is 0 Å². The van der Waals surface area contributed by atoms with Gasteiger partial charge < -0.3 is 8.85 Å². The molecule has 0 radical (unpaired) electrons. The van der Waals surface area contributed by atoms with Crippen molar-refractivity contribution in [1.82, 2.24) is 0 Å². The molecule has 1 heterocycles. The fraction of sp³-hybridized carbons (Fsp3) is 1.00. The van der Waals surface area contributed by atoms with Crippen LogP contribution < -0.4 is 0 Å². The van der Waals surface area contributed by atoms with Gasteiger partial charge in [-0.3, -0.25) is 0 Å². The Morgan fingerprint density at radius 2 is 0.842 bits per heavy atom. The van der Waals surface area contributed by atoms with E-state index in [9.17, 15) is 43.9 Å². The molecule has 0 aromatic heterocycles. The van der Waals surface area contributed by atoms with Crippen LogP contribution in [0, 0.1) is 0 Å². The summed E-state index contributed by atoms with van der Waals surface area (Å²) < 4.78 is 130. The van der Waals surface area contributed by atoms with Crippen LogP contribution in [0.25, 0.3) is 0 Å². The van der Waals surface area contributed by atoms with Crippen molar-refractivity contribution < 1.29 is 52.8 Å². The van der Waals surface area contributed by atoms with Gasteiger partial charge >= 0.3 is 34.2 Å². The van der Waals surface area contributed by atoms with Crippen LogP contribution in [0.3, 0.4) is 0 Å². The summed E-state index contributed by atoms with van der Waals surface area (Å²) in [6.07, 6.45) is -20.1. The molecule has 0 aromatic carbocycles. The quantitative estimate of drug-likeness (QED) is 0.572. The molecule has 1 saturated heterocycles. The lowest BCUT2D eigenvalue weighted by atomic mass is 10.0. The van der Waals surface area contributed by atoms with Gasteiger partial charge in [-0.15, -0.1) is 0 Å². The molecule has 2 unspecified atom stereocenters. The summed E-state index contributed by atoms with van der Waals surface area (Å²) in [6.45, 7) is 0. The van der Waals surface area contributed by atoms with Gasteiger partial charge in [-0.1, -0.05) is 0 Å². The van der Waals surface area contributed by atoms with E-state index in [0.717, 1.165) is 0 Å². The maximum Gasteiger partial charge on any atom is 0.456 e. The molecular weight excluding hydrogens is 322 g/mol. The highest BCUT2D eigenvalue weighted by Gasteiger charge is 2.74. The number of hydrogen-bond donors (Lipinski definition) is 0. The standard InChI is InChI=1S/C6H4F10O2Si/c7-3(8,5(11,12)13)1-2(18-19-17-1)4(9,10)6(14,15)16/h1-2H,19H2. The normalized spacial score (nSPS) is 28.1. The van der Waals surface area contributed by atoms with Crippen LogP contribution in [-0.2, 0) is 8.85 Å². The van der Waals surface area contributed by atoms with E-state index in [4.69, 9.17) is 0 Å². The van der Waals surface area contributed by atoms with Crippen molar-refractivity contribution in [2.45, 2.75) is 36.4 Å². The minimum atomic E-state index is -6.33. The van der Waals surface area contributed by atoms with E-state index in [1.807, 2.05) is 0 Å². The van der Waals surface area contributed by atoms with E-state index >= 15 is 0 Å². The highest BCUT2D eigenvalue weighted by Crippen LogP contribution is 2.49. The predicted molar refractivity (Wildman–Crippen MR) is 40.3 cm³/mol. The fourth-order valence-corrected chi connectivity index (χ4v) is 2.41. The maximum absolute atomic E-state index is 12.8. The van der Waals surface area contributed by atoms with Crippen LogP contribution in [0.4, 0.5) is 43.9 Å². The molecule has 0 spiro atoms. The van der Waals surface area contributed by atoms with Crippen LogP contribution in [0.1, 0.15) is 0 Å². The SMILES string of the molecule is FC(F)(F)C(F)(F)C1O[SiH2]OC1C(F)(F)C(F)(F)F. The maximum atomic E-state index is 12.8. The first kappa shape index (κ1) is 16.5. The van der Waals surface area contributed by atoms with Gasteiger partial charge in [0.25, 0.3) is 0 Å². The summed E-state index contributed by atoms with van der Waals surface area (Å²) in [7, 11) is -2.79. The summed E-state index contributed by atoms with van der Waals surface area (Å²) in [5.41, 5.74) is 0. The second kappa shape index (κ2) is 4.48. The van der Waals surface area contributed by atoms with Crippen molar-refractivity contribution in [3.05, 3.63) is 0 Å². The lowest BCUT2D eigenvalue weighted by Crippen LogP contribution is -2.59. The van der Waals surface area contributed by atoms with Gasteiger partial charge in [0.15, 0.2) is 12.2 Å². The Morgan fingerprint density at radius 3 is 1.05 bits per heavy atom. The highest BCUT2D eigenvalue weighted by molar-refractivity contribution is 6.19. The molecule has 1 aliphatic heterocycles. The second-order valence-corrected chi connectivity index (χ2v) is 4.44. The van der Waals surface area contributed by atoms with E-state index in [1.54, 1.807) is 0 Å². The molecule has 0 aliphatic carbocycles. The van der Waals surface area contributed by atoms with Crippen LogP contribution in [0.2, 0.25) is 0 Å². The first-order valence-corrected chi connectivity index (χ1v) is 5.50. The van der Waals surface area contributed by atoms with E-state index in [0.29, 0.717) is 0 Å². The molecule has 1 fully saturated rings. The monoisotopic (exact) mass is 326 g/mol. The van der Waals surface area contributed by atoms with Crippen molar-refractivity contribution in [3.63, 3.8) is 0 Å². The zero-order chi connectivity index (χ0) is 15.3. The molecule has 1 aliphatic rings. The summed E-state index contributed by atoms with van der Waals surface area (Å²) in [5.74, 6) is -11.8. The Labute approximate surface area is 100 Å². The third kappa shape index (κ3) is 2.67. The molecule has 0 saturated carbocycles. The van der Waals surface area contributed by atoms with E-state index in [-0.39, 0.29) is 0 Å². The molecule has 1 rings (SSSR count). The van der Waals surface area contributed by atoms with Crippen LogP contribution >= 0.6 is 0 Å². The van der Waals surface area contributed by atoms with Gasteiger partial charge in [-0.2, -0.15) is 43.9 Å². The number of halogens is 10. The number of hydrogen-bond acceptors (Lipinski definition) is 2. The van der Waals surface area contributed by atoms with Gasteiger partial charge in [0.2, 0.25) is 0 Å². The molecule has 0 bridgehead atoms. The van der Waals surface area contributed by atoms with E-state index in [1.165, 1.54) is 0 Å². The van der Waals surface area contributed by atoms with Gasteiger partial charge in [-0.25, -0.2) is 0 Å². The second-order valence-electron chi connectivity index (χ2n) is 3.53. The number of alkyl halides is 10. The van der Waals surface area contributed by atoms with Crippen molar-refractivity contribution in [1.29, 1.82) is 0 Å². The van der Waals surface area contributed by atoms with E-state index < -0.39 is 46.4 Å². The topological polar surface area (TPSA) is 18.5 Å². The highest BCUT2D eigenvalue weighted by atomic mass is 28.3. The smallest absolute Gasteiger partial charge is 0.386 e. The van der Waals surface area contributed by atoms with Gasteiger partial charge in [0, 0.05) is 0 Å².